The van der Waals surface area contributed by atoms with Gasteiger partial charge in [0.2, 0.25) is 0 Å². The predicted molar refractivity (Wildman–Crippen MR) is 71.5 cm³/mol. The van der Waals surface area contributed by atoms with E-state index in [1.165, 1.54) is 0 Å². The molecule has 0 aliphatic carbocycles. The van der Waals surface area contributed by atoms with Gasteiger partial charge in [-0.15, -0.1) is 0 Å². The van der Waals surface area contributed by atoms with Crippen LogP contribution in [-0.4, -0.2) is 19.1 Å². The van der Waals surface area contributed by atoms with E-state index in [2.05, 4.69) is 10.3 Å². The topological polar surface area (TPSA) is 47.3 Å². The highest BCUT2D eigenvalue weighted by Crippen LogP contribution is 2.24. The summed E-state index contributed by atoms with van der Waals surface area (Å²) in [6, 6.07) is 6.14. The number of methoxy groups -OCH3 is 1. The molecule has 0 fully saturated rings. The summed E-state index contributed by atoms with van der Waals surface area (Å²) in [4.78, 5) is 4.27. The summed E-state index contributed by atoms with van der Waals surface area (Å²) in [5.41, 5.74) is 1.97. The lowest BCUT2D eigenvalue weighted by molar-refractivity contribution is 0.409. The van der Waals surface area contributed by atoms with Gasteiger partial charge in [0.1, 0.15) is 12.0 Å². The Bertz CT molecular complexity index is 525. The van der Waals surface area contributed by atoms with Gasteiger partial charge >= 0.3 is 0 Å². The van der Waals surface area contributed by atoms with E-state index < -0.39 is 0 Å². The molecule has 0 unspecified atom stereocenters. The van der Waals surface area contributed by atoms with Gasteiger partial charge in [-0.3, -0.25) is 0 Å². The van der Waals surface area contributed by atoms with Gasteiger partial charge < -0.3 is 14.5 Å². The van der Waals surface area contributed by atoms with Crippen molar-refractivity contribution in [2.45, 2.75) is 12.8 Å². The number of anilines is 1. The molecule has 0 aliphatic rings. The Morgan fingerprint density at radius 2 is 2.22 bits per heavy atom. The molecule has 0 radical (unpaired) electrons. The molecule has 5 heteroatoms. The number of benzene rings is 1. The Morgan fingerprint density at radius 1 is 1.39 bits per heavy atom. The summed E-state index contributed by atoms with van der Waals surface area (Å²) in [6.07, 6.45) is 3.24. The molecule has 0 amide bonds. The maximum Gasteiger partial charge on any atom is 0.294 e. The highest BCUT2D eigenvalue weighted by atomic mass is 35.5. The number of oxazole rings is 1. The maximum absolute atomic E-state index is 5.98. The van der Waals surface area contributed by atoms with Crippen molar-refractivity contribution in [1.82, 2.24) is 4.98 Å². The minimum Gasteiger partial charge on any atom is -0.496 e. The van der Waals surface area contributed by atoms with E-state index in [0.717, 1.165) is 29.8 Å². The average Bonchev–Trinajstić information content (AvgIpc) is 2.84. The summed E-state index contributed by atoms with van der Waals surface area (Å²) in [7, 11) is 3.43. The molecule has 1 aromatic heterocycles. The number of halogens is 1. The summed E-state index contributed by atoms with van der Waals surface area (Å²) in [5, 5.41) is 3.56. The minimum atomic E-state index is 0.531. The summed E-state index contributed by atoms with van der Waals surface area (Å²) in [6.45, 7) is 0. The molecule has 0 aliphatic heterocycles. The predicted octanol–water partition coefficient (Wildman–Crippen LogP) is 3.16. The lowest BCUT2D eigenvalue weighted by atomic mass is 10.1. The molecular formula is C13H15ClN2O2. The highest BCUT2D eigenvalue weighted by molar-refractivity contribution is 6.30. The molecule has 0 bridgehead atoms. The summed E-state index contributed by atoms with van der Waals surface area (Å²) in [5.74, 6) is 0.844. The minimum absolute atomic E-state index is 0.531. The summed E-state index contributed by atoms with van der Waals surface area (Å²) < 4.78 is 10.5. The first-order valence-electron chi connectivity index (χ1n) is 5.67. The fourth-order valence-corrected chi connectivity index (χ4v) is 1.94. The van der Waals surface area contributed by atoms with Crippen molar-refractivity contribution in [2.75, 3.05) is 19.5 Å². The van der Waals surface area contributed by atoms with Gasteiger partial charge in [-0.05, 0) is 36.6 Å². The smallest absolute Gasteiger partial charge is 0.294 e. The van der Waals surface area contributed by atoms with Crippen LogP contribution in [0.25, 0.3) is 0 Å². The van der Waals surface area contributed by atoms with E-state index in [1.54, 1.807) is 20.4 Å². The van der Waals surface area contributed by atoms with Crippen molar-refractivity contribution in [2.24, 2.45) is 0 Å². The number of rotatable bonds is 5. The first-order valence-corrected chi connectivity index (χ1v) is 6.05. The second-order valence-electron chi connectivity index (χ2n) is 3.85. The molecule has 2 aromatic rings. The molecule has 0 spiro atoms. The second-order valence-corrected chi connectivity index (χ2v) is 4.29. The van der Waals surface area contributed by atoms with Crippen LogP contribution in [-0.2, 0) is 12.8 Å². The molecule has 1 aromatic carbocycles. The van der Waals surface area contributed by atoms with Crippen LogP contribution in [0.5, 0.6) is 5.75 Å². The van der Waals surface area contributed by atoms with Gasteiger partial charge in [0.15, 0.2) is 0 Å². The van der Waals surface area contributed by atoms with Gasteiger partial charge in [0, 0.05) is 12.1 Å². The first-order chi connectivity index (χ1) is 8.72. The Labute approximate surface area is 111 Å². The van der Waals surface area contributed by atoms with Crippen LogP contribution in [0.1, 0.15) is 11.3 Å². The Balaban J connectivity index is 2.07. The number of hydrogen-bond donors (Lipinski definition) is 1. The van der Waals surface area contributed by atoms with E-state index in [-0.39, 0.29) is 0 Å². The molecule has 18 heavy (non-hydrogen) atoms. The fraction of sp³-hybridized carbons (Fsp3) is 0.308. The van der Waals surface area contributed by atoms with E-state index in [0.29, 0.717) is 11.0 Å². The van der Waals surface area contributed by atoms with Crippen LogP contribution in [0.15, 0.2) is 28.9 Å². The van der Waals surface area contributed by atoms with Gasteiger partial charge in [0.25, 0.3) is 6.01 Å². The number of hydrogen-bond acceptors (Lipinski definition) is 4. The molecule has 0 saturated heterocycles. The number of aromatic nitrogens is 1. The van der Waals surface area contributed by atoms with Crippen LogP contribution in [0, 0.1) is 0 Å². The third-order valence-corrected chi connectivity index (χ3v) is 2.89. The summed E-state index contributed by atoms with van der Waals surface area (Å²) >= 11 is 5.98. The monoisotopic (exact) mass is 266 g/mol. The van der Waals surface area contributed by atoms with E-state index in [9.17, 15) is 0 Å². The zero-order chi connectivity index (χ0) is 13.0. The van der Waals surface area contributed by atoms with Crippen LogP contribution >= 0.6 is 11.6 Å². The number of nitrogens with zero attached hydrogens (tertiary/aromatic N) is 1. The Hall–Kier alpha value is -1.68. The molecule has 1 heterocycles. The van der Waals surface area contributed by atoms with Crippen molar-refractivity contribution in [3.8, 4) is 5.75 Å². The van der Waals surface area contributed by atoms with Crippen molar-refractivity contribution in [3.63, 3.8) is 0 Å². The zero-order valence-electron chi connectivity index (χ0n) is 10.4. The number of aryl methyl sites for hydroxylation is 2. The third kappa shape index (κ3) is 2.96. The molecule has 1 N–H and O–H groups in total. The van der Waals surface area contributed by atoms with Crippen LogP contribution in [0.3, 0.4) is 0 Å². The highest BCUT2D eigenvalue weighted by Gasteiger charge is 2.07. The van der Waals surface area contributed by atoms with E-state index >= 15 is 0 Å². The average molecular weight is 267 g/mol. The van der Waals surface area contributed by atoms with Gasteiger partial charge in [-0.25, -0.2) is 0 Å². The van der Waals surface area contributed by atoms with Crippen LogP contribution in [0.2, 0.25) is 5.02 Å². The molecule has 4 nitrogen and oxygen atoms in total. The standard InChI is InChI=1S/C13H15ClN2O2/c1-15-13-16-11(8-18-13)5-3-9-7-10(14)4-6-12(9)17-2/h4,6-8H,3,5H2,1-2H3,(H,15,16). The number of nitrogens with one attached hydrogen (secondary N) is 1. The lowest BCUT2D eigenvalue weighted by Crippen LogP contribution is -1.96. The number of ether oxygens (including phenoxy) is 1. The molecule has 0 atom stereocenters. The van der Waals surface area contributed by atoms with Crippen molar-refractivity contribution in [1.29, 1.82) is 0 Å². The molecule has 0 saturated carbocycles. The second kappa shape index (κ2) is 5.78. The van der Waals surface area contributed by atoms with Crippen LogP contribution < -0.4 is 10.1 Å². The van der Waals surface area contributed by atoms with Crippen molar-refractivity contribution < 1.29 is 9.15 Å². The first kappa shape index (κ1) is 12.8. The maximum atomic E-state index is 5.98. The normalized spacial score (nSPS) is 10.4. The molecule has 2 rings (SSSR count). The molecule has 96 valence electrons. The van der Waals surface area contributed by atoms with Crippen LogP contribution in [0.4, 0.5) is 6.01 Å². The largest absolute Gasteiger partial charge is 0.496 e. The van der Waals surface area contributed by atoms with Gasteiger partial charge in [0.05, 0.1) is 12.8 Å². The quantitative estimate of drug-likeness (QED) is 0.903. The van der Waals surface area contributed by atoms with E-state index in [4.69, 9.17) is 20.8 Å². The van der Waals surface area contributed by atoms with Gasteiger partial charge in [-0.1, -0.05) is 11.6 Å². The Kier molecular flexibility index (Phi) is 4.10. The Morgan fingerprint density at radius 3 is 2.89 bits per heavy atom. The van der Waals surface area contributed by atoms with Crippen molar-refractivity contribution in [3.05, 3.63) is 40.7 Å². The SMILES string of the molecule is CNc1nc(CCc2cc(Cl)ccc2OC)co1. The lowest BCUT2D eigenvalue weighted by Gasteiger charge is -2.07. The molecular weight excluding hydrogens is 252 g/mol. The zero-order valence-corrected chi connectivity index (χ0v) is 11.1. The third-order valence-electron chi connectivity index (χ3n) is 2.66. The fourth-order valence-electron chi connectivity index (χ4n) is 1.74. The van der Waals surface area contributed by atoms with E-state index in [1.807, 2.05) is 18.2 Å². The van der Waals surface area contributed by atoms with Gasteiger partial charge in [-0.2, -0.15) is 4.98 Å². The van der Waals surface area contributed by atoms with Crippen molar-refractivity contribution >= 4 is 17.6 Å².